The first-order valence-corrected chi connectivity index (χ1v) is 6.97. The fraction of sp³-hybridized carbons (Fsp3) is 0.273. The lowest BCUT2D eigenvalue weighted by atomic mass is 10.2. The van der Waals surface area contributed by atoms with E-state index in [0.717, 1.165) is 0 Å². The summed E-state index contributed by atoms with van der Waals surface area (Å²) in [5, 5.41) is 9.73. The Morgan fingerprint density at radius 1 is 1.28 bits per heavy atom. The lowest BCUT2D eigenvalue weighted by molar-refractivity contribution is -0.140. The minimum atomic E-state index is -0.999. The van der Waals surface area contributed by atoms with E-state index in [1.807, 2.05) is 0 Å². The maximum absolute atomic E-state index is 12.2. The van der Waals surface area contributed by atoms with E-state index in [9.17, 15) is 9.59 Å². The molecule has 2 rings (SSSR count). The Morgan fingerprint density at radius 3 is 2.44 bits per heavy atom. The topological polar surface area (TPSA) is 57.6 Å². The van der Waals surface area contributed by atoms with Crippen molar-refractivity contribution in [2.45, 2.75) is 6.04 Å². The first-order valence-electron chi connectivity index (χ1n) is 5.06. The van der Waals surface area contributed by atoms with Gasteiger partial charge in [-0.2, -0.15) is 0 Å². The summed E-state index contributed by atoms with van der Waals surface area (Å²) in [6, 6.07) is 3.70. The lowest BCUT2D eigenvalue weighted by Gasteiger charge is -2.20. The van der Waals surface area contributed by atoms with E-state index in [1.165, 1.54) is 34.9 Å². The molecule has 1 N–H and O–H groups in total. The van der Waals surface area contributed by atoms with E-state index in [0.29, 0.717) is 27.2 Å². The third-order valence-corrected chi connectivity index (χ3v) is 3.99. The minimum absolute atomic E-state index is 0.307. The molecule has 96 valence electrons. The molecule has 0 saturated carbocycles. The van der Waals surface area contributed by atoms with Gasteiger partial charge in [0.2, 0.25) is 0 Å². The zero-order valence-corrected chi connectivity index (χ0v) is 11.4. The van der Waals surface area contributed by atoms with Crippen LogP contribution in [-0.4, -0.2) is 39.6 Å². The number of carbonyl (C=O) groups excluding carboxylic acids is 1. The zero-order chi connectivity index (χ0) is 13.3. The van der Waals surface area contributed by atoms with E-state index >= 15 is 0 Å². The van der Waals surface area contributed by atoms with Gasteiger partial charge in [0.15, 0.2) is 0 Å². The van der Waals surface area contributed by atoms with Crippen molar-refractivity contribution in [3.05, 3.63) is 33.8 Å². The van der Waals surface area contributed by atoms with Gasteiger partial charge in [-0.15, -0.1) is 11.8 Å². The highest BCUT2D eigenvalue weighted by atomic mass is 35.5. The molecule has 1 aromatic carbocycles. The summed E-state index contributed by atoms with van der Waals surface area (Å²) in [6.07, 6.45) is 0. The third kappa shape index (κ3) is 2.74. The molecule has 1 aliphatic heterocycles. The van der Waals surface area contributed by atoms with Gasteiger partial charge in [-0.1, -0.05) is 23.2 Å². The van der Waals surface area contributed by atoms with Crippen molar-refractivity contribution >= 4 is 46.8 Å². The monoisotopic (exact) mass is 305 g/mol. The molecular formula is C11H9Cl2NO3S. The molecule has 1 aliphatic rings. The van der Waals surface area contributed by atoms with E-state index in [4.69, 9.17) is 28.3 Å². The van der Waals surface area contributed by atoms with Crippen molar-refractivity contribution in [2.24, 2.45) is 0 Å². The SMILES string of the molecule is O=C(O)C1CSCN1C(=O)c1cc(Cl)cc(Cl)c1. The lowest BCUT2D eigenvalue weighted by Crippen LogP contribution is -2.41. The molecule has 0 aliphatic carbocycles. The van der Waals surface area contributed by atoms with Gasteiger partial charge in [0, 0.05) is 21.4 Å². The highest BCUT2D eigenvalue weighted by Crippen LogP contribution is 2.26. The van der Waals surface area contributed by atoms with Gasteiger partial charge in [0.25, 0.3) is 5.91 Å². The number of hydrogen-bond acceptors (Lipinski definition) is 3. The molecule has 0 aromatic heterocycles. The van der Waals surface area contributed by atoms with Crippen LogP contribution in [0.25, 0.3) is 0 Å². The van der Waals surface area contributed by atoms with Crippen LogP contribution in [0.2, 0.25) is 10.0 Å². The molecule has 0 spiro atoms. The van der Waals surface area contributed by atoms with Crippen LogP contribution in [0.5, 0.6) is 0 Å². The number of nitrogens with zero attached hydrogens (tertiary/aromatic N) is 1. The first kappa shape index (κ1) is 13.5. The van der Waals surface area contributed by atoms with Crippen LogP contribution in [0.15, 0.2) is 18.2 Å². The fourth-order valence-corrected chi connectivity index (χ4v) is 3.36. The number of aliphatic carboxylic acids is 1. The molecule has 0 radical (unpaired) electrons. The molecule has 7 heteroatoms. The summed E-state index contributed by atoms with van der Waals surface area (Å²) in [5.41, 5.74) is 0.307. The molecule has 0 bridgehead atoms. The van der Waals surface area contributed by atoms with Crippen LogP contribution >= 0.6 is 35.0 Å². The average molecular weight is 306 g/mol. The summed E-state index contributed by atoms with van der Waals surface area (Å²) >= 11 is 13.1. The summed E-state index contributed by atoms with van der Waals surface area (Å²) in [7, 11) is 0. The van der Waals surface area contributed by atoms with Crippen molar-refractivity contribution in [1.29, 1.82) is 0 Å². The smallest absolute Gasteiger partial charge is 0.327 e. The number of halogens is 2. The third-order valence-electron chi connectivity index (χ3n) is 2.54. The van der Waals surface area contributed by atoms with Crippen LogP contribution < -0.4 is 0 Å². The molecule has 1 fully saturated rings. The molecule has 1 aromatic rings. The maximum Gasteiger partial charge on any atom is 0.327 e. The number of carboxylic acid groups (broad SMARTS) is 1. The van der Waals surface area contributed by atoms with Crippen LogP contribution in [0, 0.1) is 0 Å². The van der Waals surface area contributed by atoms with E-state index in [-0.39, 0.29) is 5.91 Å². The van der Waals surface area contributed by atoms with E-state index in [1.54, 1.807) is 0 Å². The van der Waals surface area contributed by atoms with Gasteiger partial charge in [0.05, 0.1) is 5.88 Å². The molecule has 1 amide bonds. The molecular weight excluding hydrogens is 297 g/mol. The Labute approximate surface area is 118 Å². The highest BCUT2D eigenvalue weighted by Gasteiger charge is 2.35. The second-order valence-electron chi connectivity index (χ2n) is 3.79. The van der Waals surface area contributed by atoms with E-state index in [2.05, 4.69) is 0 Å². The predicted molar refractivity (Wildman–Crippen MR) is 71.4 cm³/mol. The van der Waals surface area contributed by atoms with Gasteiger partial charge in [-0.25, -0.2) is 4.79 Å². The van der Waals surface area contributed by atoms with Gasteiger partial charge in [-0.3, -0.25) is 4.79 Å². The molecule has 4 nitrogen and oxygen atoms in total. The number of rotatable bonds is 2. The van der Waals surface area contributed by atoms with Gasteiger partial charge in [-0.05, 0) is 18.2 Å². The Morgan fingerprint density at radius 2 is 1.89 bits per heavy atom. The van der Waals surface area contributed by atoms with Crippen molar-refractivity contribution in [1.82, 2.24) is 4.90 Å². The van der Waals surface area contributed by atoms with Gasteiger partial charge in [0.1, 0.15) is 6.04 Å². The Bertz CT molecular complexity index is 489. The molecule has 18 heavy (non-hydrogen) atoms. The Kier molecular flexibility index (Phi) is 4.04. The quantitative estimate of drug-likeness (QED) is 0.912. The molecule has 1 atom stereocenters. The molecule has 1 saturated heterocycles. The van der Waals surface area contributed by atoms with Crippen LogP contribution in [0.4, 0.5) is 0 Å². The van der Waals surface area contributed by atoms with Crippen molar-refractivity contribution in [3.63, 3.8) is 0 Å². The van der Waals surface area contributed by atoms with Crippen molar-refractivity contribution in [2.75, 3.05) is 11.6 Å². The number of thioether (sulfide) groups is 1. The van der Waals surface area contributed by atoms with Crippen LogP contribution in [-0.2, 0) is 4.79 Å². The minimum Gasteiger partial charge on any atom is -0.480 e. The normalized spacial score (nSPS) is 19.0. The number of carbonyl (C=O) groups is 2. The standard InChI is InChI=1S/C11H9Cl2NO3S/c12-7-1-6(2-8(13)3-7)10(15)14-5-18-4-9(14)11(16)17/h1-3,9H,4-5H2,(H,16,17). The fourth-order valence-electron chi connectivity index (χ4n) is 1.69. The number of benzene rings is 1. The van der Waals surface area contributed by atoms with Crippen LogP contribution in [0.1, 0.15) is 10.4 Å². The maximum atomic E-state index is 12.2. The Balaban J connectivity index is 2.28. The van der Waals surface area contributed by atoms with Gasteiger partial charge < -0.3 is 10.0 Å². The van der Waals surface area contributed by atoms with Crippen molar-refractivity contribution < 1.29 is 14.7 Å². The molecule has 1 heterocycles. The predicted octanol–water partition coefficient (Wildman–Crippen LogP) is 2.59. The van der Waals surface area contributed by atoms with Crippen molar-refractivity contribution in [3.8, 4) is 0 Å². The Hall–Kier alpha value is -0.910. The summed E-state index contributed by atoms with van der Waals surface area (Å²) in [6.45, 7) is 0. The number of amides is 1. The summed E-state index contributed by atoms with van der Waals surface area (Å²) in [5.74, 6) is -0.603. The van der Waals surface area contributed by atoms with E-state index < -0.39 is 12.0 Å². The van der Waals surface area contributed by atoms with Gasteiger partial charge >= 0.3 is 5.97 Å². The zero-order valence-electron chi connectivity index (χ0n) is 9.10. The summed E-state index contributed by atoms with van der Waals surface area (Å²) < 4.78 is 0. The second kappa shape index (κ2) is 5.38. The second-order valence-corrected chi connectivity index (χ2v) is 5.66. The highest BCUT2D eigenvalue weighted by molar-refractivity contribution is 7.99. The largest absolute Gasteiger partial charge is 0.480 e. The molecule has 1 unspecified atom stereocenters. The summed E-state index contributed by atoms with van der Waals surface area (Å²) in [4.78, 5) is 24.5. The van der Waals surface area contributed by atoms with Crippen LogP contribution in [0.3, 0.4) is 0 Å². The first-order chi connectivity index (χ1) is 8.49. The number of hydrogen-bond donors (Lipinski definition) is 1. The average Bonchev–Trinajstić information content (AvgIpc) is 2.75. The number of carboxylic acids is 1.